The smallest absolute Gasteiger partial charge is 0.348 e. The molecule has 2 aromatic carbocycles. The van der Waals surface area contributed by atoms with Gasteiger partial charge in [0, 0.05) is 23.3 Å². The summed E-state index contributed by atoms with van der Waals surface area (Å²) in [6.45, 7) is 3.61. The maximum Gasteiger partial charge on any atom is 0.348 e. The fourth-order valence-corrected chi connectivity index (χ4v) is 5.78. The Morgan fingerprint density at radius 2 is 1.68 bits per heavy atom. The molecule has 2 N–H and O–H groups in total. The normalized spacial score (nSPS) is 10.6. The van der Waals surface area contributed by atoms with Crippen LogP contribution in [0.4, 0.5) is 5.00 Å². The predicted molar refractivity (Wildman–Crippen MR) is 156 cm³/mol. The summed E-state index contributed by atoms with van der Waals surface area (Å²) < 4.78 is 15.6. The summed E-state index contributed by atoms with van der Waals surface area (Å²) in [4.78, 5) is 33.5. The molecule has 9 nitrogen and oxygen atoms in total. The van der Waals surface area contributed by atoms with Crippen LogP contribution in [0, 0.1) is 18.3 Å². The molecule has 1 amide bonds. The van der Waals surface area contributed by atoms with Gasteiger partial charge in [0.1, 0.15) is 27.4 Å². The Hall–Kier alpha value is -4.27. The zero-order valence-corrected chi connectivity index (χ0v) is 24.1. The number of hydrogen-bond donors (Lipinski definition) is 2. The SMILES string of the molecule is CCOC(=O)c1sc(NC(=O)CCSc2nc(-c3ccc(OC)cc3)c(-c3ccc(OC)cc3)[nH]2)c(C#N)c1C. The van der Waals surface area contributed by atoms with Crippen molar-refractivity contribution in [2.45, 2.75) is 25.4 Å². The number of nitriles is 1. The third-order valence-corrected chi connectivity index (χ3v) is 8.03. The van der Waals surface area contributed by atoms with Crippen molar-refractivity contribution in [3.05, 3.63) is 64.5 Å². The molecule has 0 saturated carbocycles. The third kappa shape index (κ3) is 6.47. The minimum Gasteiger partial charge on any atom is -0.497 e. The molecule has 0 spiro atoms. The zero-order valence-electron chi connectivity index (χ0n) is 22.5. The fourth-order valence-electron chi connectivity index (χ4n) is 3.90. The number of amides is 1. The predicted octanol–water partition coefficient (Wildman–Crippen LogP) is 6.30. The van der Waals surface area contributed by atoms with Gasteiger partial charge < -0.3 is 24.5 Å². The lowest BCUT2D eigenvalue weighted by Gasteiger charge is -2.06. The summed E-state index contributed by atoms with van der Waals surface area (Å²) in [7, 11) is 3.25. The Morgan fingerprint density at radius 3 is 2.25 bits per heavy atom. The van der Waals surface area contributed by atoms with E-state index in [0.717, 1.165) is 45.4 Å². The molecule has 0 bridgehead atoms. The molecule has 0 aliphatic heterocycles. The summed E-state index contributed by atoms with van der Waals surface area (Å²) >= 11 is 2.47. The number of aromatic amines is 1. The van der Waals surface area contributed by atoms with Gasteiger partial charge in [0.25, 0.3) is 0 Å². The van der Waals surface area contributed by atoms with Crippen LogP contribution in [0.15, 0.2) is 53.7 Å². The van der Waals surface area contributed by atoms with E-state index in [2.05, 4.69) is 16.4 Å². The van der Waals surface area contributed by atoms with Crippen LogP contribution in [0.5, 0.6) is 11.5 Å². The van der Waals surface area contributed by atoms with Crippen molar-refractivity contribution < 1.29 is 23.8 Å². The van der Waals surface area contributed by atoms with Crippen LogP contribution >= 0.6 is 23.1 Å². The van der Waals surface area contributed by atoms with Gasteiger partial charge in [-0.2, -0.15) is 5.26 Å². The molecule has 206 valence electrons. The molecule has 0 fully saturated rings. The van der Waals surface area contributed by atoms with E-state index in [1.807, 2.05) is 48.5 Å². The van der Waals surface area contributed by atoms with Crippen LogP contribution in [0.1, 0.15) is 34.1 Å². The molecule has 0 saturated heterocycles. The Balaban J connectivity index is 1.48. The monoisotopic (exact) mass is 576 g/mol. The van der Waals surface area contributed by atoms with Crippen molar-refractivity contribution in [1.82, 2.24) is 9.97 Å². The number of nitrogens with zero attached hydrogens (tertiary/aromatic N) is 2. The van der Waals surface area contributed by atoms with Crippen LogP contribution in [0.25, 0.3) is 22.5 Å². The maximum absolute atomic E-state index is 12.7. The molecule has 11 heteroatoms. The van der Waals surface area contributed by atoms with E-state index in [4.69, 9.17) is 19.2 Å². The number of carbonyl (C=O) groups excluding carboxylic acids is 2. The van der Waals surface area contributed by atoms with E-state index in [-0.39, 0.29) is 24.5 Å². The molecular weight excluding hydrogens is 548 g/mol. The van der Waals surface area contributed by atoms with Gasteiger partial charge in [-0.15, -0.1) is 11.3 Å². The number of esters is 1. The molecule has 2 aromatic heterocycles. The van der Waals surface area contributed by atoms with Gasteiger partial charge in [-0.25, -0.2) is 9.78 Å². The van der Waals surface area contributed by atoms with Gasteiger partial charge in [-0.1, -0.05) is 11.8 Å². The first-order valence-corrected chi connectivity index (χ1v) is 14.2. The highest BCUT2D eigenvalue weighted by Gasteiger charge is 2.22. The molecule has 0 aliphatic carbocycles. The average Bonchev–Trinajstić information content (AvgIpc) is 3.53. The molecule has 0 radical (unpaired) electrons. The summed E-state index contributed by atoms with van der Waals surface area (Å²) in [5.41, 5.74) is 4.26. The van der Waals surface area contributed by atoms with Crippen LogP contribution in [-0.4, -0.2) is 48.4 Å². The quantitative estimate of drug-likeness (QED) is 0.157. The number of aromatic nitrogens is 2. The molecule has 0 atom stereocenters. The molecule has 2 heterocycles. The maximum atomic E-state index is 12.7. The van der Waals surface area contributed by atoms with Crippen molar-refractivity contribution >= 4 is 40.0 Å². The van der Waals surface area contributed by atoms with Gasteiger partial charge in [-0.3, -0.25) is 4.79 Å². The molecule has 0 aliphatic rings. The summed E-state index contributed by atoms with van der Waals surface area (Å²) in [5.74, 6) is 1.18. The standard InChI is InChI=1S/C29H28N4O5S2/c1-5-38-28(35)26-17(2)22(16-30)27(40-26)31-23(34)14-15-39-29-32-24(18-6-10-20(36-3)11-7-18)25(33-29)19-8-12-21(37-4)13-9-19/h6-13H,5,14-15H2,1-4H3,(H,31,34)(H,32,33). The number of rotatable bonds is 11. The number of benzene rings is 2. The minimum atomic E-state index is -0.504. The van der Waals surface area contributed by atoms with E-state index < -0.39 is 5.97 Å². The highest BCUT2D eigenvalue weighted by atomic mass is 32.2. The van der Waals surface area contributed by atoms with E-state index in [0.29, 0.717) is 26.4 Å². The van der Waals surface area contributed by atoms with Crippen molar-refractivity contribution in [2.75, 3.05) is 31.9 Å². The Labute approximate surface area is 240 Å². The molecule has 4 aromatic rings. The number of thiophene rings is 1. The van der Waals surface area contributed by atoms with Gasteiger partial charge in [0.05, 0.1) is 37.8 Å². The second-order valence-corrected chi connectivity index (χ2v) is 10.6. The number of nitrogens with one attached hydrogen (secondary N) is 2. The molecular formula is C29H28N4O5S2. The lowest BCUT2D eigenvalue weighted by atomic mass is 10.0. The van der Waals surface area contributed by atoms with Crippen LogP contribution in [-0.2, 0) is 9.53 Å². The molecule has 40 heavy (non-hydrogen) atoms. The summed E-state index contributed by atoms with van der Waals surface area (Å²) in [6, 6.07) is 17.4. The second-order valence-electron chi connectivity index (χ2n) is 8.46. The number of anilines is 1. The van der Waals surface area contributed by atoms with Gasteiger partial charge >= 0.3 is 5.97 Å². The van der Waals surface area contributed by atoms with E-state index in [9.17, 15) is 14.9 Å². The Bertz CT molecular complexity index is 1470. The minimum absolute atomic E-state index is 0.178. The Morgan fingerprint density at radius 1 is 1.05 bits per heavy atom. The highest BCUT2D eigenvalue weighted by molar-refractivity contribution is 7.99. The Kier molecular flexibility index (Phi) is 9.47. The zero-order chi connectivity index (χ0) is 28.6. The van der Waals surface area contributed by atoms with Gasteiger partial charge in [-0.05, 0) is 67.9 Å². The van der Waals surface area contributed by atoms with Crippen molar-refractivity contribution in [3.8, 4) is 40.1 Å². The van der Waals surface area contributed by atoms with Crippen LogP contribution in [0.3, 0.4) is 0 Å². The van der Waals surface area contributed by atoms with Crippen LogP contribution in [0.2, 0.25) is 0 Å². The van der Waals surface area contributed by atoms with E-state index in [1.54, 1.807) is 28.1 Å². The van der Waals surface area contributed by atoms with E-state index >= 15 is 0 Å². The van der Waals surface area contributed by atoms with Crippen molar-refractivity contribution in [3.63, 3.8) is 0 Å². The molecule has 4 rings (SSSR count). The lowest BCUT2D eigenvalue weighted by Crippen LogP contribution is -2.12. The van der Waals surface area contributed by atoms with Crippen molar-refractivity contribution in [1.29, 1.82) is 5.26 Å². The number of thioether (sulfide) groups is 1. The molecule has 0 unspecified atom stereocenters. The number of hydrogen-bond acceptors (Lipinski definition) is 9. The first-order chi connectivity index (χ1) is 19.4. The summed E-state index contributed by atoms with van der Waals surface area (Å²) in [6.07, 6.45) is 0.178. The fraction of sp³-hybridized carbons (Fsp3) is 0.241. The summed E-state index contributed by atoms with van der Waals surface area (Å²) in [5, 5.41) is 13.3. The second kappa shape index (κ2) is 13.2. The first kappa shape index (κ1) is 28.7. The number of carbonyl (C=O) groups is 2. The number of methoxy groups -OCH3 is 2. The topological polar surface area (TPSA) is 126 Å². The van der Waals surface area contributed by atoms with Crippen molar-refractivity contribution in [2.24, 2.45) is 0 Å². The first-order valence-electron chi connectivity index (χ1n) is 12.4. The number of H-pyrrole nitrogens is 1. The van der Waals surface area contributed by atoms with Gasteiger partial charge in [0.15, 0.2) is 5.16 Å². The highest BCUT2D eigenvalue weighted by Crippen LogP contribution is 2.35. The number of imidazole rings is 1. The van der Waals surface area contributed by atoms with Gasteiger partial charge in [0.2, 0.25) is 5.91 Å². The van der Waals surface area contributed by atoms with E-state index in [1.165, 1.54) is 11.8 Å². The lowest BCUT2D eigenvalue weighted by molar-refractivity contribution is -0.115. The number of ether oxygens (including phenoxy) is 3. The average molecular weight is 577 g/mol. The largest absolute Gasteiger partial charge is 0.497 e. The third-order valence-electron chi connectivity index (χ3n) is 5.96. The van der Waals surface area contributed by atoms with Crippen LogP contribution < -0.4 is 14.8 Å².